The fourth-order valence-corrected chi connectivity index (χ4v) is 4.40. The largest absolute Gasteiger partial charge is 0.495 e. The average molecular weight is 482 g/mol. The van der Waals surface area contributed by atoms with Gasteiger partial charge in [0.15, 0.2) is 5.11 Å². The zero-order chi connectivity index (χ0) is 21.7. The maximum Gasteiger partial charge on any atom is 0.262 e. The molecule has 10 heteroatoms. The third-order valence-corrected chi connectivity index (χ3v) is 5.92. The molecule has 3 rings (SSSR count). The lowest BCUT2D eigenvalue weighted by Crippen LogP contribution is -2.19. The van der Waals surface area contributed by atoms with Gasteiger partial charge in [0, 0.05) is 21.4 Å². The van der Waals surface area contributed by atoms with Crippen LogP contribution in [0.2, 0.25) is 10.0 Å². The highest BCUT2D eigenvalue weighted by Gasteiger charge is 2.16. The molecule has 3 N–H and O–H groups in total. The Morgan fingerprint density at radius 1 is 0.900 bits per heavy atom. The first-order chi connectivity index (χ1) is 14.3. The van der Waals surface area contributed by atoms with Crippen molar-refractivity contribution in [1.82, 2.24) is 0 Å². The first-order valence-corrected chi connectivity index (χ1v) is 11.2. The van der Waals surface area contributed by atoms with Gasteiger partial charge in [-0.25, -0.2) is 8.42 Å². The minimum Gasteiger partial charge on any atom is -0.495 e. The minimum atomic E-state index is -3.78. The van der Waals surface area contributed by atoms with Crippen molar-refractivity contribution >= 4 is 67.6 Å². The molecule has 0 amide bonds. The Bertz CT molecular complexity index is 1150. The van der Waals surface area contributed by atoms with Gasteiger partial charge in [0.2, 0.25) is 0 Å². The van der Waals surface area contributed by atoms with Gasteiger partial charge < -0.3 is 15.4 Å². The molecular formula is C20H17Cl2N3O3S2. The molecule has 30 heavy (non-hydrogen) atoms. The zero-order valence-electron chi connectivity index (χ0n) is 15.6. The van der Waals surface area contributed by atoms with Crippen LogP contribution in [0.3, 0.4) is 0 Å². The van der Waals surface area contributed by atoms with E-state index < -0.39 is 10.0 Å². The van der Waals surface area contributed by atoms with E-state index in [1.54, 1.807) is 54.6 Å². The maximum absolute atomic E-state index is 12.7. The van der Waals surface area contributed by atoms with Crippen LogP contribution >= 0.6 is 35.4 Å². The maximum atomic E-state index is 12.7. The van der Waals surface area contributed by atoms with Crippen molar-refractivity contribution in [1.29, 1.82) is 0 Å². The summed E-state index contributed by atoms with van der Waals surface area (Å²) in [6, 6.07) is 17.9. The molecule has 0 bridgehead atoms. The van der Waals surface area contributed by atoms with E-state index in [1.165, 1.54) is 19.2 Å². The topological polar surface area (TPSA) is 79.5 Å². The monoisotopic (exact) mass is 481 g/mol. The van der Waals surface area contributed by atoms with E-state index >= 15 is 0 Å². The molecule has 0 saturated heterocycles. The molecule has 6 nitrogen and oxygen atoms in total. The number of methoxy groups -OCH3 is 1. The summed E-state index contributed by atoms with van der Waals surface area (Å²) < 4.78 is 33.0. The predicted octanol–water partition coefficient (Wildman–Crippen LogP) is 5.61. The molecule has 0 aliphatic rings. The van der Waals surface area contributed by atoms with E-state index in [1.807, 2.05) is 0 Å². The fourth-order valence-electron chi connectivity index (χ4n) is 2.57. The first-order valence-electron chi connectivity index (χ1n) is 8.57. The van der Waals surface area contributed by atoms with Crippen molar-refractivity contribution in [3.8, 4) is 5.75 Å². The number of sulfonamides is 1. The molecule has 0 unspecified atom stereocenters. The molecule has 0 aliphatic heterocycles. The van der Waals surface area contributed by atoms with E-state index in [0.29, 0.717) is 38.0 Å². The number of hydrogen-bond donors (Lipinski definition) is 3. The SMILES string of the molecule is COc1ccccc1NS(=O)(=O)c1ccc(NC(=S)Nc2cc(Cl)cc(Cl)c2)cc1. The quantitative estimate of drug-likeness (QED) is 0.397. The van der Waals surface area contributed by atoms with Crippen molar-refractivity contribution in [2.75, 3.05) is 22.5 Å². The van der Waals surface area contributed by atoms with Crippen molar-refractivity contribution < 1.29 is 13.2 Å². The van der Waals surface area contributed by atoms with Gasteiger partial charge in [-0.15, -0.1) is 0 Å². The van der Waals surface area contributed by atoms with E-state index in [4.69, 9.17) is 40.2 Å². The lowest BCUT2D eigenvalue weighted by Gasteiger charge is -2.13. The van der Waals surface area contributed by atoms with Crippen LogP contribution < -0.4 is 20.1 Å². The van der Waals surface area contributed by atoms with Crippen LogP contribution in [-0.2, 0) is 10.0 Å². The van der Waals surface area contributed by atoms with Crippen LogP contribution in [0.5, 0.6) is 5.75 Å². The second-order valence-corrected chi connectivity index (χ2v) is 9.03. The summed E-state index contributed by atoms with van der Waals surface area (Å²) in [7, 11) is -2.31. The number of hydrogen-bond acceptors (Lipinski definition) is 4. The van der Waals surface area contributed by atoms with Crippen molar-refractivity contribution in [3.05, 3.63) is 76.8 Å². The third kappa shape index (κ3) is 5.76. The molecule has 156 valence electrons. The van der Waals surface area contributed by atoms with Crippen molar-refractivity contribution in [2.24, 2.45) is 0 Å². The van der Waals surface area contributed by atoms with Gasteiger partial charge in [0.1, 0.15) is 5.75 Å². The van der Waals surface area contributed by atoms with Gasteiger partial charge in [-0.05, 0) is 66.8 Å². The Balaban J connectivity index is 1.68. The smallest absolute Gasteiger partial charge is 0.262 e. The molecule has 0 aromatic heterocycles. The van der Waals surface area contributed by atoms with Crippen LogP contribution in [0.15, 0.2) is 71.6 Å². The molecule has 0 saturated carbocycles. The summed E-state index contributed by atoms with van der Waals surface area (Å²) in [6.07, 6.45) is 0. The Hall–Kier alpha value is -2.52. The van der Waals surface area contributed by atoms with Crippen LogP contribution in [0.25, 0.3) is 0 Å². The van der Waals surface area contributed by atoms with Crippen molar-refractivity contribution in [2.45, 2.75) is 4.90 Å². The molecule has 0 heterocycles. The summed E-state index contributed by atoms with van der Waals surface area (Å²) >= 11 is 17.2. The van der Waals surface area contributed by atoms with Gasteiger partial charge in [0.25, 0.3) is 10.0 Å². The Morgan fingerprint density at radius 2 is 1.50 bits per heavy atom. The Morgan fingerprint density at radius 3 is 2.13 bits per heavy atom. The lowest BCUT2D eigenvalue weighted by molar-refractivity contribution is 0.417. The standard InChI is InChI=1S/C20H17Cl2N3O3S2/c1-28-19-5-3-2-4-18(19)25-30(26,27)17-8-6-15(7-9-17)23-20(29)24-16-11-13(21)10-14(22)12-16/h2-12,25H,1H3,(H2,23,24,29). The number of benzene rings is 3. The average Bonchev–Trinajstić information content (AvgIpc) is 2.67. The predicted molar refractivity (Wildman–Crippen MR) is 127 cm³/mol. The van der Waals surface area contributed by atoms with Gasteiger partial charge in [-0.3, -0.25) is 4.72 Å². The molecular weight excluding hydrogens is 465 g/mol. The molecule has 3 aromatic carbocycles. The highest BCUT2D eigenvalue weighted by molar-refractivity contribution is 7.92. The number of thiocarbonyl (C=S) groups is 1. The zero-order valence-corrected chi connectivity index (χ0v) is 18.8. The summed E-state index contributed by atoms with van der Waals surface area (Å²) in [6.45, 7) is 0. The van der Waals surface area contributed by atoms with E-state index in [0.717, 1.165) is 0 Å². The molecule has 0 spiro atoms. The number of anilines is 3. The number of rotatable bonds is 6. The first kappa shape index (κ1) is 22.2. The molecule has 0 radical (unpaired) electrons. The second-order valence-electron chi connectivity index (χ2n) is 6.07. The number of nitrogens with one attached hydrogen (secondary N) is 3. The Kier molecular flexibility index (Phi) is 7.04. The highest BCUT2D eigenvalue weighted by atomic mass is 35.5. The minimum absolute atomic E-state index is 0.0967. The summed E-state index contributed by atoms with van der Waals surface area (Å²) in [4.78, 5) is 0.0967. The molecule has 0 aliphatic carbocycles. The number of halogens is 2. The van der Waals surface area contributed by atoms with Gasteiger partial charge >= 0.3 is 0 Å². The Labute approximate surface area is 190 Å². The van der Waals surface area contributed by atoms with Gasteiger partial charge in [0.05, 0.1) is 17.7 Å². The summed E-state index contributed by atoms with van der Waals surface area (Å²) in [5, 5.41) is 7.20. The van der Waals surface area contributed by atoms with Crippen LogP contribution in [-0.4, -0.2) is 20.6 Å². The van der Waals surface area contributed by atoms with E-state index in [2.05, 4.69) is 15.4 Å². The molecule has 0 atom stereocenters. The van der Waals surface area contributed by atoms with Gasteiger partial charge in [-0.2, -0.15) is 0 Å². The summed E-state index contributed by atoms with van der Waals surface area (Å²) in [5.74, 6) is 0.428. The van der Waals surface area contributed by atoms with E-state index in [-0.39, 0.29) is 4.90 Å². The van der Waals surface area contributed by atoms with Crippen LogP contribution in [0, 0.1) is 0 Å². The fraction of sp³-hybridized carbons (Fsp3) is 0.0500. The molecule has 3 aromatic rings. The van der Waals surface area contributed by atoms with Crippen LogP contribution in [0.4, 0.5) is 17.1 Å². The second kappa shape index (κ2) is 9.53. The van der Waals surface area contributed by atoms with Crippen molar-refractivity contribution in [3.63, 3.8) is 0 Å². The van der Waals surface area contributed by atoms with Gasteiger partial charge in [-0.1, -0.05) is 35.3 Å². The molecule has 0 fully saturated rings. The number of para-hydroxylation sites is 2. The summed E-state index contributed by atoms with van der Waals surface area (Å²) in [5.41, 5.74) is 1.59. The normalized spacial score (nSPS) is 10.9. The third-order valence-electron chi connectivity index (χ3n) is 3.89. The van der Waals surface area contributed by atoms with Crippen LogP contribution in [0.1, 0.15) is 0 Å². The highest BCUT2D eigenvalue weighted by Crippen LogP contribution is 2.27. The number of ether oxygens (including phenoxy) is 1. The lowest BCUT2D eigenvalue weighted by atomic mass is 10.3. The van der Waals surface area contributed by atoms with E-state index in [9.17, 15) is 8.42 Å².